The Balaban J connectivity index is 1.60. The Kier molecular flexibility index (Phi) is 6.93. The van der Waals surface area contributed by atoms with Gasteiger partial charge in [-0.05, 0) is 47.5 Å². The lowest BCUT2D eigenvalue weighted by atomic mass is 10.0. The van der Waals surface area contributed by atoms with Gasteiger partial charge in [0, 0.05) is 24.3 Å². The number of fused-ring (bicyclic) bond motifs is 1. The summed E-state index contributed by atoms with van der Waals surface area (Å²) in [5.41, 5.74) is 5.63. The van der Waals surface area contributed by atoms with Crippen LogP contribution in [0.2, 0.25) is 10.0 Å². The molecule has 4 rings (SSSR count). The zero-order valence-electron chi connectivity index (χ0n) is 17.6. The fourth-order valence-corrected chi connectivity index (χ4v) is 4.00. The van der Waals surface area contributed by atoms with Crippen LogP contribution in [-0.2, 0) is 11.3 Å². The first kappa shape index (κ1) is 22.1. The summed E-state index contributed by atoms with van der Waals surface area (Å²) >= 11 is 12.2. The van der Waals surface area contributed by atoms with Crippen molar-refractivity contribution in [2.45, 2.75) is 6.54 Å². The van der Waals surface area contributed by atoms with Crippen molar-refractivity contribution in [3.05, 3.63) is 105 Å². The van der Waals surface area contributed by atoms with Crippen LogP contribution in [0.15, 0.2) is 77.8 Å². The summed E-state index contributed by atoms with van der Waals surface area (Å²) in [4.78, 5) is 19.0. The van der Waals surface area contributed by atoms with Gasteiger partial charge in [0.1, 0.15) is 0 Å². The number of ether oxygens (including phenoxy) is 1. The zero-order valence-corrected chi connectivity index (χ0v) is 19.1. The first-order chi connectivity index (χ1) is 15.5. The molecule has 0 aromatic heterocycles. The highest BCUT2D eigenvalue weighted by Gasteiger charge is 2.18. The zero-order chi connectivity index (χ0) is 22.5. The average molecular weight is 465 g/mol. The molecule has 0 amide bonds. The summed E-state index contributed by atoms with van der Waals surface area (Å²) in [7, 11) is 1.39. The van der Waals surface area contributed by atoms with Crippen molar-refractivity contribution in [2.75, 3.05) is 25.1 Å². The molecule has 0 N–H and O–H groups in total. The number of allylic oxidation sites excluding steroid dienone is 1. The van der Waals surface area contributed by atoms with Crippen LogP contribution in [0.25, 0.3) is 6.08 Å². The quantitative estimate of drug-likeness (QED) is 0.415. The molecule has 0 fully saturated rings. The van der Waals surface area contributed by atoms with E-state index >= 15 is 0 Å². The molecule has 0 aliphatic carbocycles. The summed E-state index contributed by atoms with van der Waals surface area (Å²) < 4.78 is 4.85. The molecular weight excluding hydrogens is 443 g/mol. The maximum atomic E-state index is 11.9. The van der Waals surface area contributed by atoms with Crippen molar-refractivity contribution < 1.29 is 9.53 Å². The molecule has 0 atom stereocenters. The van der Waals surface area contributed by atoms with E-state index in [4.69, 9.17) is 32.9 Å². The number of hydrogen-bond donors (Lipinski definition) is 0. The molecule has 0 saturated carbocycles. The number of aliphatic imine (C=N–C) groups is 1. The number of esters is 1. The van der Waals surface area contributed by atoms with Crippen LogP contribution in [0.5, 0.6) is 0 Å². The third kappa shape index (κ3) is 5.04. The number of hydrogen-bond acceptors (Lipinski definition) is 4. The largest absolute Gasteiger partial charge is 0.465 e. The Morgan fingerprint density at radius 3 is 2.69 bits per heavy atom. The maximum Gasteiger partial charge on any atom is 0.337 e. The monoisotopic (exact) mass is 464 g/mol. The highest BCUT2D eigenvalue weighted by atomic mass is 35.5. The Morgan fingerprint density at radius 1 is 1.03 bits per heavy atom. The van der Waals surface area contributed by atoms with Gasteiger partial charge < -0.3 is 9.64 Å². The summed E-state index contributed by atoms with van der Waals surface area (Å²) in [6.07, 6.45) is 4.01. The number of carbonyl (C=O) groups is 1. The highest BCUT2D eigenvalue weighted by Crippen LogP contribution is 2.27. The Labute approximate surface area is 197 Å². The smallest absolute Gasteiger partial charge is 0.337 e. The van der Waals surface area contributed by atoms with Crippen molar-refractivity contribution in [1.82, 2.24) is 0 Å². The molecule has 1 aliphatic heterocycles. The molecule has 3 aromatic carbocycles. The second kappa shape index (κ2) is 10.0. The second-order valence-corrected chi connectivity index (χ2v) is 8.22. The van der Waals surface area contributed by atoms with Gasteiger partial charge in [0.05, 0.1) is 35.0 Å². The van der Waals surface area contributed by atoms with Gasteiger partial charge in [-0.25, -0.2) is 4.79 Å². The fraction of sp³-hybridized carbons (Fsp3) is 0.154. The lowest BCUT2D eigenvalue weighted by Gasteiger charge is -2.25. The molecular formula is C26H22Cl2N2O2. The van der Waals surface area contributed by atoms with E-state index in [1.165, 1.54) is 7.11 Å². The molecule has 0 bridgehead atoms. The van der Waals surface area contributed by atoms with Crippen molar-refractivity contribution in [1.29, 1.82) is 0 Å². The Morgan fingerprint density at radius 2 is 1.88 bits per heavy atom. The van der Waals surface area contributed by atoms with E-state index in [1.807, 2.05) is 54.6 Å². The van der Waals surface area contributed by atoms with Crippen LogP contribution in [0, 0.1) is 0 Å². The maximum absolute atomic E-state index is 11.9. The van der Waals surface area contributed by atoms with Gasteiger partial charge in [-0.2, -0.15) is 0 Å². The summed E-state index contributed by atoms with van der Waals surface area (Å²) in [5.74, 6) is -0.332. The number of benzodiazepines with no additional fused rings is 1. The molecule has 1 heterocycles. The van der Waals surface area contributed by atoms with E-state index in [0.29, 0.717) is 28.7 Å². The molecule has 0 saturated heterocycles. The van der Waals surface area contributed by atoms with Gasteiger partial charge in [-0.15, -0.1) is 0 Å². The minimum atomic E-state index is -0.332. The van der Waals surface area contributed by atoms with E-state index in [9.17, 15) is 4.79 Å². The van der Waals surface area contributed by atoms with Gasteiger partial charge in [0.15, 0.2) is 0 Å². The predicted octanol–water partition coefficient (Wildman–Crippen LogP) is 6.30. The first-order valence-electron chi connectivity index (χ1n) is 10.2. The van der Waals surface area contributed by atoms with Crippen molar-refractivity contribution >= 4 is 46.6 Å². The van der Waals surface area contributed by atoms with Crippen LogP contribution >= 0.6 is 23.2 Å². The number of benzene rings is 3. The third-order valence-corrected chi connectivity index (χ3v) is 6.01. The Hall–Kier alpha value is -3.08. The van der Waals surface area contributed by atoms with Gasteiger partial charge in [0.25, 0.3) is 0 Å². The van der Waals surface area contributed by atoms with Gasteiger partial charge >= 0.3 is 5.97 Å². The molecule has 0 unspecified atom stereocenters. The normalized spacial score (nSPS) is 13.5. The van der Waals surface area contributed by atoms with Crippen molar-refractivity contribution in [3.63, 3.8) is 0 Å². The van der Waals surface area contributed by atoms with E-state index in [2.05, 4.69) is 17.0 Å². The number of carbonyl (C=O) groups excluding carboxylic acids is 1. The topological polar surface area (TPSA) is 41.9 Å². The standard InChI is InChI=1S/C26H22Cl2N2O2/c1-32-26(31)20-6-4-5-19(15-20)17-30-14-13-29-24(21-7-2-3-8-25(21)30)12-10-18-9-11-22(27)23(28)16-18/h2-12,15-16H,13-14,17H2,1H3. The summed E-state index contributed by atoms with van der Waals surface area (Å²) in [6, 6.07) is 21.3. The number of nitrogens with zero attached hydrogens (tertiary/aromatic N) is 2. The van der Waals surface area contributed by atoms with Gasteiger partial charge in [-0.1, -0.05) is 65.7 Å². The molecule has 0 radical (unpaired) electrons. The second-order valence-electron chi connectivity index (χ2n) is 7.40. The van der Waals surface area contributed by atoms with E-state index < -0.39 is 0 Å². The minimum absolute atomic E-state index is 0.332. The number of anilines is 1. The lowest BCUT2D eigenvalue weighted by Crippen LogP contribution is -2.25. The third-order valence-electron chi connectivity index (χ3n) is 5.27. The molecule has 0 spiro atoms. The number of halogens is 2. The molecule has 32 heavy (non-hydrogen) atoms. The molecule has 1 aliphatic rings. The number of methoxy groups -OCH3 is 1. The fourth-order valence-electron chi connectivity index (χ4n) is 3.70. The van der Waals surface area contributed by atoms with Crippen LogP contribution in [0.4, 0.5) is 5.69 Å². The van der Waals surface area contributed by atoms with Crippen molar-refractivity contribution in [3.8, 4) is 0 Å². The average Bonchev–Trinajstić information content (AvgIpc) is 2.99. The van der Waals surface area contributed by atoms with Crippen LogP contribution in [0.3, 0.4) is 0 Å². The van der Waals surface area contributed by atoms with E-state index in [0.717, 1.165) is 34.6 Å². The van der Waals surface area contributed by atoms with E-state index in [-0.39, 0.29) is 5.97 Å². The first-order valence-corrected chi connectivity index (χ1v) is 11.0. The summed E-state index contributed by atoms with van der Waals surface area (Å²) in [6.45, 7) is 2.09. The molecule has 4 nitrogen and oxygen atoms in total. The molecule has 162 valence electrons. The highest BCUT2D eigenvalue weighted by molar-refractivity contribution is 6.42. The van der Waals surface area contributed by atoms with Crippen LogP contribution < -0.4 is 4.90 Å². The lowest BCUT2D eigenvalue weighted by molar-refractivity contribution is 0.0600. The SMILES string of the molecule is COC(=O)c1cccc(CN2CCN=C(C=Cc3ccc(Cl)c(Cl)c3)c3ccccc32)c1. The van der Waals surface area contributed by atoms with Crippen LogP contribution in [-0.4, -0.2) is 31.9 Å². The van der Waals surface area contributed by atoms with Crippen LogP contribution in [0.1, 0.15) is 27.0 Å². The minimum Gasteiger partial charge on any atom is -0.465 e. The predicted molar refractivity (Wildman–Crippen MR) is 132 cm³/mol. The molecule has 6 heteroatoms. The van der Waals surface area contributed by atoms with Gasteiger partial charge in [0.2, 0.25) is 0 Å². The molecule has 3 aromatic rings. The number of rotatable bonds is 5. The van der Waals surface area contributed by atoms with E-state index in [1.54, 1.807) is 12.1 Å². The number of para-hydroxylation sites is 1. The van der Waals surface area contributed by atoms with Crippen molar-refractivity contribution in [2.24, 2.45) is 4.99 Å². The summed E-state index contributed by atoms with van der Waals surface area (Å²) in [5, 5.41) is 1.06. The Bertz CT molecular complexity index is 1200. The van der Waals surface area contributed by atoms with Gasteiger partial charge in [-0.3, -0.25) is 4.99 Å².